The Morgan fingerprint density at radius 1 is 1.06 bits per heavy atom. The quantitative estimate of drug-likeness (QED) is 0.789. The van der Waals surface area contributed by atoms with Crippen molar-refractivity contribution in [1.29, 1.82) is 0 Å². The van der Waals surface area contributed by atoms with E-state index in [1.807, 2.05) is 42.2 Å². The number of hydrogen-bond donors (Lipinski definition) is 0. The summed E-state index contributed by atoms with van der Waals surface area (Å²) in [6, 6.07) is 11.4. The normalized spacial score (nSPS) is 10.3. The van der Waals surface area contributed by atoms with E-state index >= 15 is 0 Å². The van der Waals surface area contributed by atoms with E-state index in [1.54, 1.807) is 0 Å². The number of benzene rings is 1. The lowest BCUT2D eigenvalue weighted by molar-refractivity contribution is 0.947. The number of rotatable bonds is 3. The van der Waals surface area contributed by atoms with Crippen LogP contribution < -0.4 is 4.90 Å². The molecule has 0 unspecified atom stereocenters. The average Bonchev–Trinajstić information content (AvgIpc) is 2.30. The van der Waals surface area contributed by atoms with Gasteiger partial charge in [0.25, 0.3) is 0 Å². The molecule has 0 aliphatic rings. The van der Waals surface area contributed by atoms with Gasteiger partial charge in [-0.3, -0.25) is 0 Å². The predicted molar refractivity (Wildman–Crippen MR) is 71.2 cm³/mol. The van der Waals surface area contributed by atoms with Gasteiger partial charge in [0.15, 0.2) is 0 Å². The molecule has 1 aromatic heterocycles. The van der Waals surface area contributed by atoms with Crippen LogP contribution in [0.5, 0.6) is 0 Å². The molecule has 0 aliphatic heterocycles. The first kappa shape index (κ1) is 12.1. The lowest BCUT2D eigenvalue weighted by Crippen LogP contribution is -2.18. The van der Waals surface area contributed by atoms with Crippen LogP contribution in [0.15, 0.2) is 36.4 Å². The first-order valence-corrected chi connectivity index (χ1v) is 5.99. The molecule has 0 spiro atoms. The molecule has 2 rings (SSSR count). The number of anilines is 2. The fraction of sp³-hybridized carbons (Fsp3) is 0.167. The average molecular weight is 268 g/mol. The maximum atomic E-state index is 5.88. The third-order valence-electron chi connectivity index (χ3n) is 2.28. The highest BCUT2D eigenvalue weighted by Gasteiger charge is 2.11. The zero-order valence-electron chi connectivity index (χ0n) is 9.27. The lowest BCUT2D eigenvalue weighted by atomic mass is 10.3. The molecule has 88 valence electrons. The zero-order chi connectivity index (χ0) is 12.3. The van der Waals surface area contributed by atoms with E-state index in [2.05, 4.69) is 9.97 Å². The van der Waals surface area contributed by atoms with E-state index in [0.717, 1.165) is 12.2 Å². The van der Waals surface area contributed by atoms with Gasteiger partial charge in [0, 0.05) is 18.3 Å². The second-order valence-electron chi connectivity index (χ2n) is 3.39. The number of hydrogen-bond acceptors (Lipinski definition) is 3. The SMILES string of the molecule is CCN(c1ccccc1)c1nc(Cl)cc(Cl)n1. The Morgan fingerprint density at radius 2 is 1.65 bits per heavy atom. The summed E-state index contributed by atoms with van der Waals surface area (Å²) in [4.78, 5) is 10.3. The van der Waals surface area contributed by atoms with Gasteiger partial charge in [0.2, 0.25) is 5.95 Å². The van der Waals surface area contributed by atoms with E-state index in [-0.39, 0.29) is 0 Å². The molecule has 0 aliphatic carbocycles. The summed E-state index contributed by atoms with van der Waals surface area (Å²) in [5, 5.41) is 0.684. The molecule has 5 heteroatoms. The van der Waals surface area contributed by atoms with E-state index in [4.69, 9.17) is 23.2 Å². The topological polar surface area (TPSA) is 29.0 Å². The minimum atomic E-state index is 0.342. The van der Waals surface area contributed by atoms with Crippen molar-refractivity contribution in [2.24, 2.45) is 0 Å². The molecule has 0 atom stereocenters. The van der Waals surface area contributed by atoms with Crippen LogP contribution in [-0.2, 0) is 0 Å². The van der Waals surface area contributed by atoms with Crippen LogP contribution in [0.25, 0.3) is 0 Å². The Morgan fingerprint density at radius 3 is 2.18 bits per heavy atom. The van der Waals surface area contributed by atoms with Crippen LogP contribution in [0.3, 0.4) is 0 Å². The summed E-state index contributed by atoms with van der Waals surface area (Å²) in [5.74, 6) is 0.510. The molecule has 0 amide bonds. The fourth-order valence-electron chi connectivity index (χ4n) is 1.55. The number of aromatic nitrogens is 2. The van der Waals surface area contributed by atoms with Crippen molar-refractivity contribution in [3.05, 3.63) is 46.7 Å². The zero-order valence-corrected chi connectivity index (χ0v) is 10.8. The first-order chi connectivity index (χ1) is 8.20. The lowest BCUT2D eigenvalue weighted by Gasteiger charge is -2.20. The Labute approximate surface area is 110 Å². The Bertz CT molecular complexity index is 482. The van der Waals surface area contributed by atoms with Crippen molar-refractivity contribution in [2.75, 3.05) is 11.4 Å². The van der Waals surface area contributed by atoms with Crippen LogP contribution >= 0.6 is 23.2 Å². The molecule has 0 radical (unpaired) electrons. The van der Waals surface area contributed by atoms with Crippen LogP contribution in [0.4, 0.5) is 11.6 Å². The van der Waals surface area contributed by atoms with Gasteiger partial charge < -0.3 is 4.90 Å². The summed E-state index contributed by atoms with van der Waals surface area (Å²) >= 11 is 11.8. The third kappa shape index (κ3) is 2.87. The summed E-state index contributed by atoms with van der Waals surface area (Å²) in [6.45, 7) is 2.76. The van der Waals surface area contributed by atoms with Crippen LogP contribution in [-0.4, -0.2) is 16.5 Å². The Hall–Kier alpha value is -1.32. The standard InChI is InChI=1S/C12H11Cl2N3/c1-2-17(9-6-4-3-5-7-9)12-15-10(13)8-11(14)16-12/h3-8H,2H2,1H3. The second kappa shape index (κ2) is 5.34. The van der Waals surface area contributed by atoms with Crippen LogP contribution in [0.2, 0.25) is 10.3 Å². The fourth-order valence-corrected chi connectivity index (χ4v) is 1.96. The number of nitrogens with zero attached hydrogens (tertiary/aromatic N) is 3. The molecule has 0 saturated heterocycles. The van der Waals surface area contributed by atoms with Gasteiger partial charge in [0.05, 0.1) is 0 Å². The van der Waals surface area contributed by atoms with Gasteiger partial charge in [-0.05, 0) is 19.1 Å². The van der Waals surface area contributed by atoms with Gasteiger partial charge in [-0.1, -0.05) is 41.4 Å². The van der Waals surface area contributed by atoms with Gasteiger partial charge in [-0.15, -0.1) is 0 Å². The van der Waals surface area contributed by atoms with E-state index < -0.39 is 0 Å². The van der Waals surface area contributed by atoms with Gasteiger partial charge in [-0.2, -0.15) is 0 Å². The van der Waals surface area contributed by atoms with Gasteiger partial charge >= 0.3 is 0 Å². The van der Waals surface area contributed by atoms with E-state index in [0.29, 0.717) is 16.3 Å². The minimum Gasteiger partial charge on any atom is -0.311 e. The largest absolute Gasteiger partial charge is 0.311 e. The molecule has 1 heterocycles. The highest BCUT2D eigenvalue weighted by Crippen LogP contribution is 2.24. The van der Waals surface area contributed by atoms with E-state index in [9.17, 15) is 0 Å². The second-order valence-corrected chi connectivity index (χ2v) is 4.17. The molecule has 0 saturated carbocycles. The van der Waals surface area contributed by atoms with Crippen LogP contribution in [0.1, 0.15) is 6.92 Å². The molecule has 0 bridgehead atoms. The molecular weight excluding hydrogens is 257 g/mol. The molecule has 2 aromatic rings. The predicted octanol–water partition coefficient (Wildman–Crippen LogP) is 3.94. The van der Waals surface area contributed by atoms with Gasteiger partial charge in [-0.25, -0.2) is 9.97 Å². The first-order valence-electron chi connectivity index (χ1n) is 5.23. The monoisotopic (exact) mass is 267 g/mol. The Balaban J connectivity index is 2.42. The third-order valence-corrected chi connectivity index (χ3v) is 2.66. The number of halogens is 2. The van der Waals surface area contributed by atoms with Crippen molar-refractivity contribution in [3.8, 4) is 0 Å². The molecular formula is C12H11Cl2N3. The molecule has 3 nitrogen and oxygen atoms in total. The highest BCUT2D eigenvalue weighted by molar-refractivity contribution is 6.33. The van der Waals surface area contributed by atoms with Gasteiger partial charge in [0.1, 0.15) is 10.3 Å². The Kier molecular flexibility index (Phi) is 3.82. The van der Waals surface area contributed by atoms with Crippen molar-refractivity contribution in [3.63, 3.8) is 0 Å². The van der Waals surface area contributed by atoms with Crippen molar-refractivity contribution >= 4 is 34.8 Å². The highest BCUT2D eigenvalue weighted by atomic mass is 35.5. The minimum absolute atomic E-state index is 0.342. The van der Waals surface area contributed by atoms with Crippen molar-refractivity contribution in [2.45, 2.75) is 6.92 Å². The van der Waals surface area contributed by atoms with Crippen molar-refractivity contribution < 1.29 is 0 Å². The maximum absolute atomic E-state index is 5.88. The molecule has 17 heavy (non-hydrogen) atoms. The van der Waals surface area contributed by atoms with Crippen LogP contribution in [0, 0.1) is 0 Å². The van der Waals surface area contributed by atoms with E-state index in [1.165, 1.54) is 6.07 Å². The molecule has 0 fully saturated rings. The molecule has 1 aromatic carbocycles. The summed E-state index contributed by atoms with van der Waals surface area (Å²) in [6.07, 6.45) is 0. The smallest absolute Gasteiger partial charge is 0.232 e. The summed E-state index contributed by atoms with van der Waals surface area (Å²) < 4.78 is 0. The summed E-state index contributed by atoms with van der Waals surface area (Å²) in [7, 11) is 0. The van der Waals surface area contributed by atoms with Crippen molar-refractivity contribution in [1.82, 2.24) is 9.97 Å². The molecule has 0 N–H and O–H groups in total. The maximum Gasteiger partial charge on any atom is 0.232 e. The number of para-hydroxylation sites is 1. The summed E-state index contributed by atoms with van der Waals surface area (Å²) in [5.41, 5.74) is 1.01.